The third-order valence-corrected chi connectivity index (χ3v) is 3.79. The van der Waals surface area contributed by atoms with Gasteiger partial charge < -0.3 is 9.73 Å². The highest BCUT2D eigenvalue weighted by molar-refractivity contribution is 6.34. The highest BCUT2D eigenvalue weighted by Crippen LogP contribution is 2.28. The normalized spacial score (nSPS) is 10.9. The van der Waals surface area contributed by atoms with Gasteiger partial charge in [0.1, 0.15) is 11.4 Å². The van der Waals surface area contributed by atoms with E-state index in [9.17, 15) is 9.18 Å². The van der Waals surface area contributed by atoms with Gasteiger partial charge in [-0.05, 0) is 49.7 Å². The van der Waals surface area contributed by atoms with Gasteiger partial charge in [0.05, 0.1) is 10.7 Å². The predicted octanol–water partition coefficient (Wildman–Crippen LogP) is 5.09. The fraction of sp³-hybridized carbons (Fsp3) is 0.118. The van der Waals surface area contributed by atoms with E-state index in [2.05, 4.69) is 5.32 Å². The van der Waals surface area contributed by atoms with Crippen molar-refractivity contribution < 1.29 is 13.6 Å². The summed E-state index contributed by atoms with van der Waals surface area (Å²) in [7, 11) is 0. The number of anilines is 1. The van der Waals surface area contributed by atoms with E-state index in [4.69, 9.17) is 16.0 Å². The standard InChI is InChI=1S/C17H13ClFNO2/c1-9-3-5-14(13(18)7-9)20-17(21)16-10(2)12-8-11(19)4-6-15(12)22-16/h3-8H,1-2H3,(H,20,21). The largest absolute Gasteiger partial charge is 0.451 e. The first-order chi connectivity index (χ1) is 10.5. The quantitative estimate of drug-likeness (QED) is 0.715. The van der Waals surface area contributed by atoms with E-state index in [1.165, 1.54) is 18.2 Å². The number of benzene rings is 2. The first-order valence-corrected chi connectivity index (χ1v) is 7.09. The minimum Gasteiger partial charge on any atom is -0.451 e. The molecule has 0 aliphatic rings. The summed E-state index contributed by atoms with van der Waals surface area (Å²) in [5.41, 5.74) is 2.57. The summed E-state index contributed by atoms with van der Waals surface area (Å²) in [5, 5.41) is 3.75. The maximum Gasteiger partial charge on any atom is 0.291 e. The zero-order valence-electron chi connectivity index (χ0n) is 12.0. The molecule has 3 nitrogen and oxygen atoms in total. The Morgan fingerprint density at radius 1 is 1.18 bits per heavy atom. The molecule has 0 radical (unpaired) electrons. The van der Waals surface area contributed by atoms with Crippen LogP contribution in [-0.4, -0.2) is 5.91 Å². The van der Waals surface area contributed by atoms with Gasteiger partial charge in [-0.15, -0.1) is 0 Å². The van der Waals surface area contributed by atoms with Crippen LogP contribution in [0.4, 0.5) is 10.1 Å². The van der Waals surface area contributed by atoms with Crippen molar-refractivity contribution >= 4 is 34.2 Å². The Balaban J connectivity index is 1.97. The molecule has 5 heteroatoms. The molecule has 1 aromatic heterocycles. The lowest BCUT2D eigenvalue weighted by Gasteiger charge is -2.06. The van der Waals surface area contributed by atoms with Gasteiger partial charge in [-0.3, -0.25) is 4.79 Å². The second-order valence-electron chi connectivity index (χ2n) is 5.13. The Morgan fingerprint density at radius 2 is 1.95 bits per heavy atom. The third-order valence-electron chi connectivity index (χ3n) is 3.48. The van der Waals surface area contributed by atoms with Crippen molar-refractivity contribution in [2.45, 2.75) is 13.8 Å². The van der Waals surface area contributed by atoms with Gasteiger partial charge in [-0.25, -0.2) is 4.39 Å². The molecule has 0 bridgehead atoms. The van der Waals surface area contributed by atoms with Gasteiger partial charge in [-0.2, -0.15) is 0 Å². The summed E-state index contributed by atoms with van der Waals surface area (Å²) in [6.07, 6.45) is 0. The molecule has 0 unspecified atom stereocenters. The molecule has 0 aliphatic carbocycles. The number of carbonyl (C=O) groups excluding carboxylic acids is 1. The average Bonchev–Trinajstić information content (AvgIpc) is 2.79. The Kier molecular flexibility index (Phi) is 3.62. The molecule has 0 saturated heterocycles. The highest BCUT2D eigenvalue weighted by Gasteiger charge is 2.19. The predicted molar refractivity (Wildman–Crippen MR) is 85.1 cm³/mol. The number of fused-ring (bicyclic) bond motifs is 1. The summed E-state index contributed by atoms with van der Waals surface area (Å²) < 4.78 is 18.8. The number of amides is 1. The van der Waals surface area contributed by atoms with E-state index in [1.807, 2.05) is 13.0 Å². The smallest absolute Gasteiger partial charge is 0.291 e. The SMILES string of the molecule is Cc1ccc(NC(=O)c2oc3ccc(F)cc3c2C)c(Cl)c1. The second-order valence-corrected chi connectivity index (χ2v) is 5.54. The Morgan fingerprint density at radius 3 is 2.68 bits per heavy atom. The van der Waals surface area contributed by atoms with E-state index < -0.39 is 5.91 Å². The zero-order valence-corrected chi connectivity index (χ0v) is 12.8. The molecule has 1 N–H and O–H groups in total. The van der Waals surface area contributed by atoms with Crippen molar-refractivity contribution in [3.63, 3.8) is 0 Å². The van der Waals surface area contributed by atoms with Crippen molar-refractivity contribution in [1.29, 1.82) is 0 Å². The lowest BCUT2D eigenvalue weighted by molar-refractivity contribution is 0.0998. The van der Waals surface area contributed by atoms with Crippen LogP contribution < -0.4 is 5.32 Å². The van der Waals surface area contributed by atoms with E-state index >= 15 is 0 Å². The Hall–Kier alpha value is -2.33. The monoisotopic (exact) mass is 317 g/mol. The van der Waals surface area contributed by atoms with Crippen molar-refractivity contribution in [2.75, 3.05) is 5.32 Å². The molecule has 0 aliphatic heterocycles. The first-order valence-electron chi connectivity index (χ1n) is 6.72. The highest BCUT2D eigenvalue weighted by atomic mass is 35.5. The molecular formula is C17H13ClFNO2. The number of hydrogen-bond donors (Lipinski definition) is 1. The molecule has 0 spiro atoms. The number of halogens is 2. The summed E-state index contributed by atoms with van der Waals surface area (Å²) in [5.74, 6) is -0.637. The van der Waals surface area contributed by atoms with Crippen LogP contribution in [0.2, 0.25) is 5.02 Å². The Labute approximate surface area is 131 Å². The fourth-order valence-corrected chi connectivity index (χ4v) is 2.59. The number of carbonyl (C=O) groups is 1. The molecule has 1 amide bonds. The van der Waals surface area contributed by atoms with Crippen LogP contribution >= 0.6 is 11.6 Å². The van der Waals surface area contributed by atoms with Gasteiger partial charge in [-0.1, -0.05) is 17.7 Å². The minimum absolute atomic E-state index is 0.150. The Bertz CT molecular complexity index is 886. The average molecular weight is 318 g/mol. The van der Waals surface area contributed by atoms with E-state index in [-0.39, 0.29) is 11.6 Å². The number of hydrogen-bond acceptors (Lipinski definition) is 2. The summed E-state index contributed by atoms with van der Waals surface area (Å²) in [6.45, 7) is 3.63. The molecular weight excluding hydrogens is 305 g/mol. The second kappa shape index (κ2) is 5.46. The minimum atomic E-state index is -0.417. The molecule has 3 rings (SSSR count). The van der Waals surface area contributed by atoms with Gasteiger partial charge in [0, 0.05) is 10.9 Å². The summed E-state index contributed by atoms with van der Waals surface area (Å²) in [6, 6.07) is 9.49. The zero-order chi connectivity index (χ0) is 15.9. The molecule has 3 aromatic rings. The molecule has 112 valence electrons. The molecule has 0 saturated carbocycles. The van der Waals surface area contributed by atoms with E-state index in [0.717, 1.165) is 5.56 Å². The lowest BCUT2D eigenvalue weighted by Crippen LogP contribution is -2.12. The number of furan rings is 1. The van der Waals surface area contributed by atoms with Gasteiger partial charge in [0.2, 0.25) is 0 Å². The molecule has 1 heterocycles. The summed E-state index contributed by atoms with van der Waals surface area (Å²) in [4.78, 5) is 12.4. The van der Waals surface area contributed by atoms with Crippen LogP contribution in [0.1, 0.15) is 21.7 Å². The first kappa shape index (κ1) is 14.6. The number of nitrogens with one attached hydrogen (secondary N) is 1. The molecule has 2 aromatic carbocycles. The topological polar surface area (TPSA) is 42.2 Å². The van der Waals surface area contributed by atoms with Crippen molar-refractivity contribution in [3.8, 4) is 0 Å². The maximum atomic E-state index is 13.3. The van der Waals surface area contributed by atoms with Crippen LogP contribution in [0.25, 0.3) is 11.0 Å². The van der Waals surface area contributed by atoms with Crippen LogP contribution in [-0.2, 0) is 0 Å². The lowest BCUT2D eigenvalue weighted by atomic mass is 10.1. The van der Waals surface area contributed by atoms with Crippen molar-refractivity contribution in [1.82, 2.24) is 0 Å². The van der Waals surface area contributed by atoms with Gasteiger partial charge in [0.25, 0.3) is 5.91 Å². The van der Waals surface area contributed by atoms with Crippen molar-refractivity contribution in [3.05, 3.63) is 64.1 Å². The van der Waals surface area contributed by atoms with Crippen molar-refractivity contribution in [2.24, 2.45) is 0 Å². The molecule has 0 fully saturated rings. The van der Waals surface area contributed by atoms with Gasteiger partial charge in [0.15, 0.2) is 5.76 Å². The third kappa shape index (κ3) is 2.57. The van der Waals surface area contributed by atoms with Crippen LogP contribution in [0.3, 0.4) is 0 Å². The van der Waals surface area contributed by atoms with Crippen LogP contribution in [0.5, 0.6) is 0 Å². The molecule has 22 heavy (non-hydrogen) atoms. The fourth-order valence-electron chi connectivity index (χ4n) is 2.31. The number of aryl methyl sites for hydroxylation is 2. The number of rotatable bonds is 2. The van der Waals surface area contributed by atoms with Crippen LogP contribution in [0, 0.1) is 19.7 Å². The van der Waals surface area contributed by atoms with E-state index in [1.54, 1.807) is 19.1 Å². The van der Waals surface area contributed by atoms with E-state index in [0.29, 0.717) is 27.2 Å². The summed E-state index contributed by atoms with van der Waals surface area (Å²) >= 11 is 6.11. The van der Waals surface area contributed by atoms with Crippen LogP contribution in [0.15, 0.2) is 40.8 Å². The molecule has 0 atom stereocenters. The maximum absolute atomic E-state index is 13.3. The van der Waals surface area contributed by atoms with Gasteiger partial charge >= 0.3 is 0 Å².